The average molecular weight is 487 g/mol. The van der Waals surface area contributed by atoms with Gasteiger partial charge in [0.15, 0.2) is 0 Å². The normalized spacial score (nSPS) is 17.7. The highest BCUT2D eigenvalue weighted by molar-refractivity contribution is 5.89. The summed E-state index contributed by atoms with van der Waals surface area (Å²) in [4.78, 5) is 38.6. The molecule has 1 fully saturated rings. The summed E-state index contributed by atoms with van der Waals surface area (Å²) < 4.78 is 15.6. The molecule has 188 valence electrons. The minimum atomic E-state index is -0.564. The zero-order valence-electron chi connectivity index (χ0n) is 20.2. The number of ether oxygens (including phenoxy) is 3. The van der Waals surface area contributed by atoms with Crippen molar-refractivity contribution in [2.45, 2.75) is 64.1 Å². The highest BCUT2D eigenvalue weighted by Crippen LogP contribution is 2.31. The molecule has 1 heterocycles. The van der Waals surface area contributed by atoms with Gasteiger partial charge in [-0.15, -0.1) is 0 Å². The van der Waals surface area contributed by atoms with Crippen molar-refractivity contribution in [3.8, 4) is 11.6 Å². The molecule has 0 unspecified atom stereocenters. The van der Waals surface area contributed by atoms with Gasteiger partial charge >= 0.3 is 23.8 Å². The fourth-order valence-electron chi connectivity index (χ4n) is 3.71. The van der Waals surface area contributed by atoms with Crippen molar-refractivity contribution in [2.24, 2.45) is 0 Å². The lowest BCUT2D eigenvalue weighted by molar-refractivity contribution is -0.388. The van der Waals surface area contributed by atoms with Crippen LogP contribution in [0.5, 0.6) is 11.6 Å². The molecule has 1 saturated carbocycles. The van der Waals surface area contributed by atoms with Gasteiger partial charge in [0.1, 0.15) is 17.0 Å². The molecular formula is C24H30N4O7. The Morgan fingerprint density at radius 3 is 2.23 bits per heavy atom. The predicted molar refractivity (Wildman–Crippen MR) is 128 cm³/mol. The molecule has 3 rings (SSSR count). The summed E-state index contributed by atoms with van der Waals surface area (Å²) in [7, 11) is 1.29. The number of nitrogens with one attached hydrogen (secondary N) is 2. The van der Waals surface area contributed by atoms with E-state index in [1.54, 1.807) is 24.3 Å². The molecule has 1 aromatic carbocycles. The van der Waals surface area contributed by atoms with Crippen molar-refractivity contribution >= 4 is 23.6 Å². The smallest absolute Gasteiger partial charge is 0.407 e. The number of hydrogen-bond donors (Lipinski definition) is 2. The minimum Gasteiger partial charge on any atom is -0.465 e. The molecule has 1 aromatic heterocycles. The zero-order chi connectivity index (χ0) is 25.6. The number of amides is 1. The van der Waals surface area contributed by atoms with E-state index in [9.17, 15) is 19.7 Å². The molecule has 1 amide bonds. The molecule has 0 aliphatic heterocycles. The van der Waals surface area contributed by atoms with Gasteiger partial charge in [-0.2, -0.15) is 0 Å². The van der Waals surface area contributed by atoms with Gasteiger partial charge in [0.2, 0.25) is 0 Å². The molecule has 0 saturated heterocycles. The number of alkyl carbamates (subject to hydrolysis) is 1. The Morgan fingerprint density at radius 1 is 1.03 bits per heavy atom. The molecule has 0 spiro atoms. The number of carbonyl (C=O) groups excluding carboxylic acids is 2. The largest absolute Gasteiger partial charge is 0.465 e. The monoisotopic (exact) mass is 486 g/mol. The van der Waals surface area contributed by atoms with Crippen LogP contribution in [-0.4, -0.2) is 46.8 Å². The average Bonchev–Trinajstić information content (AvgIpc) is 2.80. The van der Waals surface area contributed by atoms with Crippen LogP contribution in [0.4, 0.5) is 16.3 Å². The first-order valence-electron chi connectivity index (χ1n) is 11.3. The second kappa shape index (κ2) is 11.0. The molecule has 2 aromatic rings. The van der Waals surface area contributed by atoms with Crippen molar-refractivity contribution in [1.82, 2.24) is 10.3 Å². The van der Waals surface area contributed by atoms with E-state index < -0.39 is 22.6 Å². The van der Waals surface area contributed by atoms with E-state index >= 15 is 0 Å². The third-order valence-corrected chi connectivity index (χ3v) is 5.33. The Kier molecular flexibility index (Phi) is 8.10. The van der Waals surface area contributed by atoms with Crippen molar-refractivity contribution in [3.05, 3.63) is 52.1 Å². The summed E-state index contributed by atoms with van der Waals surface area (Å²) in [5.41, 5.74) is 0.0956. The Balaban J connectivity index is 1.59. The summed E-state index contributed by atoms with van der Waals surface area (Å²) in [6.07, 6.45) is 2.45. The van der Waals surface area contributed by atoms with Crippen LogP contribution in [0.15, 0.2) is 36.4 Å². The van der Waals surface area contributed by atoms with Crippen molar-refractivity contribution in [3.63, 3.8) is 0 Å². The Hall–Kier alpha value is -3.89. The van der Waals surface area contributed by atoms with Crippen LogP contribution in [-0.2, 0) is 9.47 Å². The predicted octanol–water partition coefficient (Wildman–Crippen LogP) is 4.82. The zero-order valence-corrected chi connectivity index (χ0v) is 20.2. The second-order valence-electron chi connectivity index (χ2n) is 9.23. The minimum absolute atomic E-state index is 0.00245. The van der Waals surface area contributed by atoms with E-state index in [0.29, 0.717) is 17.0 Å². The Labute approximate surface area is 203 Å². The summed E-state index contributed by atoms with van der Waals surface area (Å²) in [6, 6.07) is 9.26. The molecule has 11 heteroatoms. The number of methoxy groups -OCH3 is 1. The highest BCUT2D eigenvalue weighted by atomic mass is 16.6. The summed E-state index contributed by atoms with van der Waals surface area (Å²) in [6.45, 7) is 5.43. The van der Waals surface area contributed by atoms with Gasteiger partial charge in [0.05, 0.1) is 12.7 Å². The number of benzene rings is 1. The maximum absolute atomic E-state index is 12.0. The van der Waals surface area contributed by atoms with E-state index in [1.807, 2.05) is 20.8 Å². The molecular weight excluding hydrogens is 456 g/mol. The number of esters is 1. The van der Waals surface area contributed by atoms with E-state index in [2.05, 4.69) is 20.4 Å². The first-order valence-corrected chi connectivity index (χ1v) is 11.3. The quantitative estimate of drug-likeness (QED) is 0.320. The van der Waals surface area contributed by atoms with Crippen LogP contribution in [0, 0.1) is 10.1 Å². The number of carbonyl (C=O) groups is 2. The van der Waals surface area contributed by atoms with Crippen LogP contribution in [0.3, 0.4) is 0 Å². The Bertz CT molecular complexity index is 1060. The number of pyridine rings is 1. The van der Waals surface area contributed by atoms with E-state index in [0.717, 1.165) is 25.7 Å². The third kappa shape index (κ3) is 7.56. The van der Waals surface area contributed by atoms with Crippen molar-refractivity contribution in [2.75, 3.05) is 12.4 Å². The highest BCUT2D eigenvalue weighted by Gasteiger charge is 2.27. The van der Waals surface area contributed by atoms with Crippen molar-refractivity contribution < 1.29 is 28.7 Å². The fraction of sp³-hybridized carbons (Fsp3) is 0.458. The Morgan fingerprint density at radius 2 is 1.66 bits per heavy atom. The van der Waals surface area contributed by atoms with E-state index in [-0.39, 0.29) is 23.8 Å². The van der Waals surface area contributed by atoms with E-state index in [4.69, 9.17) is 9.47 Å². The van der Waals surface area contributed by atoms with Gasteiger partial charge in [-0.05, 0) is 81.7 Å². The summed E-state index contributed by atoms with van der Waals surface area (Å²) in [5.74, 6) is -0.396. The van der Waals surface area contributed by atoms with Crippen LogP contribution in [0.25, 0.3) is 0 Å². The lowest BCUT2D eigenvalue weighted by Gasteiger charge is -2.30. The summed E-state index contributed by atoms with van der Waals surface area (Å²) in [5, 5.41) is 17.7. The number of nitrogens with zero attached hydrogens (tertiary/aromatic N) is 2. The van der Waals surface area contributed by atoms with Gasteiger partial charge < -0.3 is 35.0 Å². The number of nitro groups is 1. The van der Waals surface area contributed by atoms with Gasteiger partial charge in [-0.25, -0.2) is 9.59 Å². The molecule has 0 atom stereocenters. The maximum atomic E-state index is 12.0. The SMILES string of the molecule is COC(=O)c1ccc(Oc2ccc(NC3CCC(NC(=O)OC(C)(C)C)CC3)c([N+](=O)[O-])n2)cc1. The number of rotatable bonds is 7. The third-order valence-electron chi connectivity index (χ3n) is 5.33. The lowest BCUT2D eigenvalue weighted by atomic mass is 9.91. The molecule has 1 aliphatic rings. The van der Waals surface area contributed by atoms with Crippen molar-refractivity contribution in [1.29, 1.82) is 0 Å². The lowest BCUT2D eigenvalue weighted by Crippen LogP contribution is -2.42. The second-order valence-corrected chi connectivity index (χ2v) is 9.23. The maximum Gasteiger partial charge on any atom is 0.407 e. The molecule has 1 aliphatic carbocycles. The van der Waals surface area contributed by atoms with Gasteiger partial charge in [-0.1, -0.05) is 0 Å². The fourth-order valence-corrected chi connectivity index (χ4v) is 3.71. The number of anilines is 1. The van der Waals surface area contributed by atoms with Crippen LogP contribution in [0.2, 0.25) is 0 Å². The topological polar surface area (TPSA) is 142 Å². The first-order chi connectivity index (χ1) is 16.5. The summed E-state index contributed by atoms with van der Waals surface area (Å²) >= 11 is 0. The molecule has 35 heavy (non-hydrogen) atoms. The first kappa shape index (κ1) is 25.7. The molecule has 11 nitrogen and oxygen atoms in total. The van der Waals surface area contributed by atoms with E-state index in [1.165, 1.54) is 19.2 Å². The molecule has 0 radical (unpaired) electrons. The van der Waals surface area contributed by atoms with Gasteiger partial charge in [0.25, 0.3) is 0 Å². The number of hydrogen-bond acceptors (Lipinski definition) is 9. The standard InChI is InChI=1S/C24H30N4O7/c1-24(2,3)35-23(30)26-17-9-7-16(8-10-17)25-19-13-14-20(27-21(19)28(31)32)34-18-11-5-15(6-12-18)22(29)33-4/h5-6,11-14,16-17,25H,7-10H2,1-4H3,(H,26,30). The van der Waals surface area contributed by atoms with Gasteiger partial charge in [0, 0.05) is 23.1 Å². The molecule has 2 N–H and O–H groups in total. The van der Waals surface area contributed by atoms with Crippen LogP contribution in [0.1, 0.15) is 56.8 Å². The van der Waals surface area contributed by atoms with Gasteiger partial charge in [-0.3, -0.25) is 0 Å². The van der Waals surface area contributed by atoms with Crippen LogP contribution < -0.4 is 15.4 Å². The van der Waals surface area contributed by atoms with Crippen LogP contribution >= 0.6 is 0 Å². The number of aromatic nitrogens is 1. The molecule has 0 bridgehead atoms.